The van der Waals surface area contributed by atoms with Crippen LogP contribution in [0.3, 0.4) is 0 Å². The Bertz CT molecular complexity index is 259. The van der Waals surface area contributed by atoms with E-state index >= 15 is 0 Å². The number of ether oxygens (including phenoxy) is 1. The Morgan fingerprint density at radius 2 is 2.29 bits per heavy atom. The minimum absolute atomic E-state index is 0.567. The van der Waals surface area contributed by atoms with Crippen LogP contribution >= 0.6 is 0 Å². The van der Waals surface area contributed by atoms with E-state index < -0.39 is 5.60 Å². The maximum Gasteiger partial charge on any atom is 0.0696 e. The number of aliphatic hydroxyl groups is 1. The summed E-state index contributed by atoms with van der Waals surface area (Å²) in [6.45, 7) is 2.38. The predicted molar refractivity (Wildman–Crippen MR) is 55.1 cm³/mol. The molecule has 1 aromatic heterocycles. The van der Waals surface area contributed by atoms with Gasteiger partial charge >= 0.3 is 0 Å². The van der Waals surface area contributed by atoms with Crippen LogP contribution in [0.5, 0.6) is 0 Å². The fraction of sp³-hybridized carbons (Fsp3) is 0.545. The highest BCUT2D eigenvalue weighted by Gasteiger charge is 2.20. The minimum Gasteiger partial charge on any atom is -0.390 e. The zero-order valence-corrected chi connectivity index (χ0v) is 8.73. The molecule has 0 fully saturated rings. The van der Waals surface area contributed by atoms with E-state index in [1.165, 1.54) is 0 Å². The van der Waals surface area contributed by atoms with E-state index in [2.05, 4.69) is 4.98 Å². The van der Waals surface area contributed by atoms with Crippen LogP contribution in [0, 0.1) is 0 Å². The van der Waals surface area contributed by atoms with Crippen LogP contribution in [0.25, 0.3) is 0 Å². The molecule has 0 radical (unpaired) electrons. The lowest BCUT2D eigenvalue weighted by Gasteiger charge is -2.22. The maximum absolute atomic E-state index is 9.98. The van der Waals surface area contributed by atoms with Crippen molar-refractivity contribution >= 4 is 0 Å². The number of pyridine rings is 1. The molecule has 3 heteroatoms. The third-order valence-corrected chi connectivity index (χ3v) is 2.13. The first kappa shape index (κ1) is 11.1. The Morgan fingerprint density at radius 1 is 1.50 bits per heavy atom. The van der Waals surface area contributed by atoms with E-state index in [-0.39, 0.29) is 0 Å². The summed E-state index contributed by atoms with van der Waals surface area (Å²) >= 11 is 0. The highest BCUT2D eigenvalue weighted by Crippen LogP contribution is 2.15. The molecule has 1 rings (SSSR count). The van der Waals surface area contributed by atoms with Gasteiger partial charge in [0.25, 0.3) is 0 Å². The lowest BCUT2D eigenvalue weighted by molar-refractivity contribution is 0.0242. The van der Waals surface area contributed by atoms with Crippen molar-refractivity contribution in [2.45, 2.75) is 25.4 Å². The molecule has 0 aromatic carbocycles. The molecule has 78 valence electrons. The molecule has 3 nitrogen and oxygen atoms in total. The van der Waals surface area contributed by atoms with Gasteiger partial charge in [-0.25, -0.2) is 0 Å². The van der Waals surface area contributed by atoms with Crippen molar-refractivity contribution in [3.05, 3.63) is 30.1 Å². The number of rotatable bonds is 5. The van der Waals surface area contributed by atoms with E-state index in [1.807, 2.05) is 18.2 Å². The lowest BCUT2D eigenvalue weighted by Crippen LogP contribution is -2.29. The first-order chi connectivity index (χ1) is 6.64. The normalized spacial score (nSPS) is 15.1. The Hall–Kier alpha value is -0.930. The van der Waals surface area contributed by atoms with Crippen molar-refractivity contribution in [1.29, 1.82) is 0 Å². The average molecular weight is 195 g/mol. The molecule has 0 aliphatic heterocycles. The van der Waals surface area contributed by atoms with E-state index in [1.54, 1.807) is 20.2 Å². The van der Waals surface area contributed by atoms with Gasteiger partial charge in [0.05, 0.1) is 5.60 Å². The Balaban J connectivity index is 2.50. The number of hydrogen-bond acceptors (Lipinski definition) is 3. The predicted octanol–water partition coefficient (Wildman–Crippen LogP) is 1.41. The van der Waals surface area contributed by atoms with Gasteiger partial charge in [-0.3, -0.25) is 4.98 Å². The molecule has 1 N–H and O–H groups in total. The molecule has 1 heterocycles. The summed E-state index contributed by atoms with van der Waals surface area (Å²) in [4.78, 5) is 4.17. The van der Waals surface area contributed by atoms with Crippen LogP contribution in [0.1, 0.15) is 19.0 Å². The van der Waals surface area contributed by atoms with E-state index in [0.29, 0.717) is 19.4 Å². The van der Waals surface area contributed by atoms with Gasteiger partial charge in [0.15, 0.2) is 0 Å². The van der Waals surface area contributed by atoms with Crippen LogP contribution in [0.15, 0.2) is 24.4 Å². The van der Waals surface area contributed by atoms with Gasteiger partial charge in [-0.05, 0) is 25.5 Å². The third kappa shape index (κ3) is 3.85. The van der Waals surface area contributed by atoms with E-state index in [0.717, 1.165) is 5.69 Å². The fourth-order valence-electron chi connectivity index (χ4n) is 1.30. The second-order valence-corrected chi connectivity index (χ2v) is 3.74. The molecule has 0 saturated heterocycles. The summed E-state index contributed by atoms with van der Waals surface area (Å²) in [7, 11) is 1.64. The molecule has 0 bridgehead atoms. The molecule has 0 saturated carbocycles. The van der Waals surface area contributed by atoms with Crippen molar-refractivity contribution in [3.8, 4) is 0 Å². The summed E-state index contributed by atoms with van der Waals surface area (Å²) in [5.74, 6) is 0. The second kappa shape index (κ2) is 5.08. The molecule has 0 spiro atoms. The highest BCUT2D eigenvalue weighted by molar-refractivity contribution is 5.06. The van der Waals surface area contributed by atoms with Crippen LogP contribution in [0.4, 0.5) is 0 Å². The van der Waals surface area contributed by atoms with Crippen molar-refractivity contribution in [3.63, 3.8) is 0 Å². The van der Waals surface area contributed by atoms with Crippen LogP contribution in [-0.2, 0) is 11.2 Å². The molecule has 1 aromatic rings. The average Bonchev–Trinajstić information content (AvgIpc) is 2.16. The molecular formula is C11H17NO2. The molecular weight excluding hydrogens is 178 g/mol. The van der Waals surface area contributed by atoms with E-state index in [9.17, 15) is 5.11 Å². The Morgan fingerprint density at radius 3 is 2.86 bits per heavy atom. The zero-order chi connectivity index (χ0) is 10.4. The van der Waals surface area contributed by atoms with Gasteiger partial charge < -0.3 is 9.84 Å². The minimum atomic E-state index is -0.732. The molecule has 0 aliphatic carbocycles. The largest absolute Gasteiger partial charge is 0.390 e. The third-order valence-electron chi connectivity index (χ3n) is 2.13. The molecule has 0 aliphatic rings. The zero-order valence-electron chi connectivity index (χ0n) is 8.73. The first-order valence-corrected chi connectivity index (χ1v) is 4.75. The van der Waals surface area contributed by atoms with Gasteiger partial charge in [-0.15, -0.1) is 0 Å². The Kier molecular flexibility index (Phi) is 4.04. The summed E-state index contributed by atoms with van der Waals surface area (Å²) in [6.07, 6.45) is 2.93. The van der Waals surface area contributed by atoms with E-state index in [4.69, 9.17) is 4.74 Å². The van der Waals surface area contributed by atoms with Gasteiger partial charge in [0.2, 0.25) is 0 Å². The molecule has 1 unspecified atom stereocenters. The fourth-order valence-corrected chi connectivity index (χ4v) is 1.30. The summed E-state index contributed by atoms with van der Waals surface area (Å²) < 4.78 is 4.93. The lowest BCUT2D eigenvalue weighted by atomic mass is 9.96. The highest BCUT2D eigenvalue weighted by atomic mass is 16.5. The van der Waals surface area contributed by atoms with Gasteiger partial charge in [0.1, 0.15) is 0 Å². The second-order valence-electron chi connectivity index (χ2n) is 3.74. The SMILES string of the molecule is COCCC(C)(O)Cc1ccccn1. The monoisotopic (exact) mass is 195 g/mol. The van der Waals surface area contributed by atoms with Crippen molar-refractivity contribution in [2.24, 2.45) is 0 Å². The summed E-state index contributed by atoms with van der Waals surface area (Å²) in [5, 5.41) is 9.98. The number of hydrogen-bond donors (Lipinski definition) is 1. The van der Waals surface area contributed by atoms with Gasteiger partial charge in [-0.2, -0.15) is 0 Å². The van der Waals surface area contributed by atoms with Crippen molar-refractivity contribution in [1.82, 2.24) is 4.98 Å². The molecule has 0 amide bonds. The smallest absolute Gasteiger partial charge is 0.0696 e. The quantitative estimate of drug-likeness (QED) is 0.772. The number of methoxy groups -OCH3 is 1. The van der Waals surface area contributed by atoms with Gasteiger partial charge in [-0.1, -0.05) is 6.07 Å². The van der Waals surface area contributed by atoms with Crippen LogP contribution in [-0.4, -0.2) is 29.4 Å². The first-order valence-electron chi connectivity index (χ1n) is 4.75. The van der Waals surface area contributed by atoms with Crippen LogP contribution in [0.2, 0.25) is 0 Å². The molecule has 1 atom stereocenters. The van der Waals surface area contributed by atoms with Crippen LogP contribution < -0.4 is 0 Å². The van der Waals surface area contributed by atoms with Crippen molar-refractivity contribution < 1.29 is 9.84 Å². The number of aromatic nitrogens is 1. The summed E-state index contributed by atoms with van der Waals surface area (Å²) in [6, 6.07) is 5.71. The Labute approximate surface area is 84.7 Å². The number of nitrogens with zero attached hydrogens (tertiary/aromatic N) is 1. The van der Waals surface area contributed by atoms with Crippen molar-refractivity contribution in [2.75, 3.05) is 13.7 Å². The maximum atomic E-state index is 9.98. The standard InChI is InChI=1S/C11H17NO2/c1-11(13,6-8-14-2)9-10-5-3-4-7-12-10/h3-5,7,13H,6,8-9H2,1-2H3. The van der Waals surface area contributed by atoms with Gasteiger partial charge in [0, 0.05) is 32.0 Å². The topological polar surface area (TPSA) is 42.4 Å². The molecule has 14 heavy (non-hydrogen) atoms. The summed E-state index contributed by atoms with van der Waals surface area (Å²) in [5.41, 5.74) is 0.179.